The van der Waals surface area contributed by atoms with Crippen molar-refractivity contribution in [2.45, 2.75) is 19.1 Å². The average Bonchev–Trinajstić information content (AvgIpc) is 2.79. The highest BCUT2D eigenvalue weighted by Gasteiger charge is 2.08. The average molecular weight is 267 g/mol. The van der Waals surface area contributed by atoms with Crippen molar-refractivity contribution in [1.29, 1.82) is 0 Å². The standard InChI is InChI=1S/C13H15ClN2O2/c14-11-3-1-10(2-4-11)7-13-15-5-6-16(13)8-12(18)9-17/h1-6,12,17-18H,7-9H2. The summed E-state index contributed by atoms with van der Waals surface area (Å²) in [4.78, 5) is 4.26. The van der Waals surface area contributed by atoms with Crippen LogP contribution in [0.2, 0.25) is 5.02 Å². The van der Waals surface area contributed by atoms with Crippen LogP contribution in [0.5, 0.6) is 0 Å². The third kappa shape index (κ3) is 3.32. The molecule has 5 heteroatoms. The first-order valence-corrected chi connectivity index (χ1v) is 6.10. The van der Waals surface area contributed by atoms with Crippen molar-refractivity contribution in [2.75, 3.05) is 6.61 Å². The van der Waals surface area contributed by atoms with Gasteiger partial charge in [0.15, 0.2) is 0 Å². The van der Waals surface area contributed by atoms with E-state index >= 15 is 0 Å². The van der Waals surface area contributed by atoms with E-state index in [1.165, 1.54) is 0 Å². The summed E-state index contributed by atoms with van der Waals surface area (Å²) < 4.78 is 1.84. The SMILES string of the molecule is OCC(O)Cn1ccnc1Cc1ccc(Cl)cc1. The predicted octanol–water partition coefficient (Wildman–Crippen LogP) is 1.48. The van der Waals surface area contributed by atoms with E-state index in [-0.39, 0.29) is 6.61 Å². The molecule has 1 heterocycles. The molecule has 96 valence electrons. The second-order valence-corrected chi connectivity index (χ2v) is 4.57. The highest BCUT2D eigenvalue weighted by Crippen LogP contribution is 2.13. The summed E-state index contributed by atoms with van der Waals surface area (Å²) in [6.45, 7) is 0.0952. The number of aromatic nitrogens is 2. The van der Waals surface area contributed by atoms with Crippen molar-refractivity contribution in [1.82, 2.24) is 9.55 Å². The third-order valence-corrected chi connectivity index (χ3v) is 2.95. The van der Waals surface area contributed by atoms with E-state index in [4.69, 9.17) is 16.7 Å². The second kappa shape index (κ2) is 6.00. The van der Waals surface area contributed by atoms with Gasteiger partial charge in [-0.05, 0) is 17.7 Å². The second-order valence-electron chi connectivity index (χ2n) is 4.14. The Labute approximate surface area is 110 Å². The van der Waals surface area contributed by atoms with Crippen LogP contribution in [0.4, 0.5) is 0 Å². The molecule has 2 aromatic rings. The van der Waals surface area contributed by atoms with E-state index in [0.29, 0.717) is 18.0 Å². The van der Waals surface area contributed by atoms with Crippen LogP contribution >= 0.6 is 11.6 Å². The molecule has 0 fully saturated rings. The Kier molecular flexibility index (Phi) is 4.36. The van der Waals surface area contributed by atoms with Gasteiger partial charge in [0.2, 0.25) is 0 Å². The van der Waals surface area contributed by atoms with Crippen LogP contribution < -0.4 is 0 Å². The number of halogens is 1. The Morgan fingerprint density at radius 3 is 2.67 bits per heavy atom. The molecule has 0 aliphatic heterocycles. The molecule has 0 radical (unpaired) electrons. The highest BCUT2D eigenvalue weighted by molar-refractivity contribution is 6.30. The first kappa shape index (κ1) is 13.1. The van der Waals surface area contributed by atoms with Gasteiger partial charge in [-0.1, -0.05) is 23.7 Å². The molecule has 4 nitrogen and oxygen atoms in total. The predicted molar refractivity (Wildman–Crippen MR) is 69.6 cm³/mol. The lowest BCUT2D eigenvalue weighted by Crippen LogP contribution is -2.20. The Bertz CT molecular complexity index is 496. The fourth-order valence-electron chi connectivity index (χ4n) is 1.74. The summed E-state index contributed by atoms with van der Waals surface area (Å²) in [5.74, 6) is 0.852. The Morgan fingerprint density at radius 1 is 1.28 bits per heavy atom. The topological polar surface area (TPSA) is 58.3 Å². The Balaban J connectivity index is 2.09. The molecule has 0 saturated carbocycles. The zero-order valence-corrected chi connectivity index (χ0v) is 10.6. The summed E-state index contributed by atoms with van der Waals surface area (Å²) in [7, 11) is 0. The van der Waals surface area contributed by atoms with E-state index in [9.17, 15) is 5.11 Å². The molecule has 1 aromatic carbocycles. The summed E-state index contributed by atoms with van der Waals surface area (Å²) in [5.41, 5.74) is 1.10. The molecule has 18 heavy (non-hydrogen) atoms. The van der Waals surface area contributed by atoms with Crippen molar-refractivity contribution in [2.24, 2.45) is 0 Å². The summed E-state index contributed by atoms with van der Waals surface area (Å²) in [6, 6.07) is 7.58. The van der Waals surface area contributed by atoms with Crippen molar-refractivity contribution < 1.29 is 10.2 Å². The molecule has 1 atom stereocenters. The monoisotopic (exact) mass is 266 g/mol. The van der Waals surface area contributed by atoms with Gasteiger partial charge < -0.3 is 14.8 Å². The van der Waals surface area contributed by atoms with Gasteiger partial charge in [0, 0.05) is 23.8 Å². The molecule has 0 aliphatic rings. The molecular weight excluding hydrogens is 252 g/mol. The minimum atomic E-state index is -0.761. The van der Waals surface area contributed by atoms with Gasteiger partial charge in [0.05, 0.1) is 19.3 Å². The normalized spacial score (nSPS) is 12.6. The largest absolute Gasteiger partial charge is 0.394 e. The van der Waals surface area contributed by atoms with Gasteiger partial charge in [-0.15, -0.1) is 0 Å². The lowest BCUT2D eigenvalue weighted by atomic mass is 10.1. The lowest BCUT2D eigenvalue weighted by Gasteiger charge is -2.11. The van der Waals surface area contributed by atoms with Gasteiger partial charge >= 0.3 is 0 Å². The maximum atomic E-state index is 9.44. The summed E-state index contributed by atoms with van der Waals surface area (Å²) in [5, 5.41) is 19.0. The van der Waals surface area contributed by atoms with Crippen LogP contribution in [-0.4, -0.2) is 32.5 Å². The van der Waals surface area contributed by atoms with E-state index in [2.05, 4.69) is 4.98 Å². The van der Waals surface area contributed by atoms with Gasteiger partial charge in [0.25, 0.3) is 0 Å². The number of aliphatic hydroxyl groups is 2. The number of nitrogens with zero attached hydrogens (tertiary/aromatic N) is 2. The maximum Gasteiger partial charge on any atom is 0.113 e. The number of aliphatic hydroxyl groups excluding tert-OH is 2. The molecule has 2 N–H and O–H groups in total. The number of hydrogen-bond acceptors (Lipinski definition) is 3. The van der Waals surface area contributed by atoms with Crippen LogP contribution in [0.1, 0.15) is 11.4 Å². The van der Waals surface area contributed by atoms with Crippen molar-refractivity contribution in [3.63, 3.8) is 0 Å². The fraction of sp³-hybridized carbons (Fsp3) is 0.308. The molecule has 0 aliphatic carbocycles. The lowest BCUT2D eigenvalue weighted by molar-refractivity contribution is 0.0806. The van der Waals surface area contributed by atoms with Crippen molar-refractivity contribution >= 4 is 11.6 Å². The molecule has 0 amide bonds. The summed E-state index contributed by atoms with van der Waals surface area (Å²) >= 11 is 5.83. The number of hydrogen-bond donors (Lipinski definition) is 2. The van der Waals surface area contributed by atoms with Crippen molar-refractivity contribution in [3.8, 4) is 0 Å². The van der Waals surface area contributed by atoms with E-state index in [1.54, 1.807) is 12.4 Å². The van der Waals surface area contributed by atoms with E-state index < -0.39 is 6.10 Å². The van der Waals surface area contributed by atoms with E-state index in [0.717, 1.165) is 11.4 Å². The van der Waals surface area contributed by atoms with Crippen LogP contribution in [0.25, 0.3) is 0 Å². The first-order valence-electron chi connectivity index (χ1n) is 5.72. The highest BCUT2D eigenvalue weighted by atomic mass is 35.5. The first-order chi connectivity index (χ1) is 8.69. The molecule has 0 spiro atoms. The van der Waals surface area contributed by atoms with Crippen LogP contribution in [0.15, 0.2) is 36.7 Å². The van der Waals surface area contributed by atoms with Crippen LogP contribution in [0, 0.1) is 0 Å². The quantitative estimate of drug-likeness (QED) is 0.862. The van der Waals surface area contributed by atoms with Gasteiger partial charge in [0.1, 0.15) is 5.82 Å². The zero-order valence-electron chi connectivity index (χ0n) is 9.83. The molecule has 0 bridgehead atoms. The number of benzene rings is 1. The Hall–Kier alpha value is -1.36. The number of rotatable bonds is 5. The minimum Gasteiger partial charge on any atom is -0.394 e. The summed E-state index contributed by atoms with van der Waals surface area (Å²) in [6.07, 6.45) is 3.39. The number of imidazole rings is 1. The molecule has 2 rings (SSSR count). The molecule has 0 saturated heterocycles. The fourth-order valence-corrected chi connectivity index (χ4v) is 1.87. The third-order valence-electron chi connectivity index (χ3n) is 2.70. The zero-order chi connectivity index (χ0) is 13.0. The van der Waals surface area contributed by atoms with Crippen LogP contribution in [0.3, 0.4) is 0 Å². The van der Waals surface area contributed by atoms with Gasteiger partial charge in [-0.25, -0.2) is 4.98 Å². The molecule has 1 unspecified atom stereocenters. The molecular formula is C13H15ClN2O2. The van der Waals surface area contributed by atoms with Crippen molar-refractivity contribution in [3.05, 3.63) is 53.1 Å². The Morgan fingerprint density at radius 2 is 2.00 bits per heavy atom. The minimum absolute atomic E-state index is 0.251. The van der Waals surface area contributed by atoms with Gasteiger partial charge in [-0.2, -0.15) is 0 Å². The van der Waals surface area contributed by atoms with Gasteiger partial charge in [-0.3, -0.25) is 0 Å². The smallest absolute Gasteiger partial charge is 0.113 e. The maximum absolute atomic E-state index is 9.44. The van der Waals surface area contributed by atoms with Crippen LogP contribution in [-0.2, 0) is 13.0 Å². The molecule has 1 aromatic heterocycles. The van der Waals surface area contributed by atoms with E-state index in [1.807, 2.05) is 28.8 Å².